The van der Waals surface area contributed by atoms with Crippen LogP contribution < -0.4 is 4.74 Å². The van der Waals surface area contributed by atoms with Gasteiger partial charge in [-0.2, -0.15) is 0 Å². The molecule has 0 radical (unpaired) electrons. The minimum Gasteiger partial charge on any atom is -0.494 e. The second kappa shape index (κ2) is 9.50. The molecule has 1 aromatic carbocycles. The lowest BCUT2D eigenvalue weighted by Crippen LogP contribution is -2.23. The summed E-state index contributed by atoms with van der Waals surface area (Å²) in [4.78, 5) is 16.7. The Balaban J connectivity index is 1.72. The second-order valence-corrected chi connectivity index (χ2v) is 6.17. The first kappa shape index (κ1) is 17.7. The minimum atomic E-state index is -0.751. The Labute approximate surface area is 137 Å². The molecule has 0 spiro atoms. The van der Waals surface area contributed by atoms with Crippen LogP contribution in [0.3, 0.4) is 0 Å². The van der Waals surface area contributed by atoms with E-state index in [1.165, 1.54) is 19.3 Å². The van der Waals surface area contributed by atoms with Gasteiger partial charge in [-0.1, -0.05) is 38.3 Å². The first-order chi connectivity index (χ1) is 11.2. The van der Waals surface area contributed by atoms with Crippen molar-refractivity contribution in [3.05, 3.63) is 29.8 Å². The molecule has 5 heteroatoms. The van der Waals surface area contributed by atoms with E-state index in [1.807, 2.05) is 24.3 Å². The average molecular weight is 323 g/mol. The maximum absolute atomic E-state index is 11.9. The monoisotopic (exact) mass is 323 g/mol. The van der Waals surface area contributed by atoms with Crippen molar-refractivity contribution in [1.82, 2.24) is 4.90 Å². The highest BCUT2D eigenvalue weighted by Gasteiger charge is 2.30. The van der Waals surface area contributed by atoms with Crippen molar-refractivity contribution in [3.8, 4) is 5.75 Å². The van der Waals surface area contributed by atoms with Gasteiger partial charge in [-0.15, -0.1) is 0 Å². The molecule has 1 fully saturated rings. The fourth-order valence-electron chi connectivity index (χ4n) is 2.90. The van der Waals surface area contributed by atoms with Crippen LogP contribution in [-0.4, -0.2) is 30.6 Å². The fourth-order valence-corrected chi connectivity index (χ4v) is 2.90. The fraction of sp³-hybridized carbons (Fsp3) is 0.611. The molecule has 0 bridgehead atoms. The zero-order chi connectivity index (χ0) is 16.5. The number of carbonyl (C=O) groups is 1. The highest BCUT2D eigenvalue weighted by Crippen LogP contribution is 2.21. The van der Waals surface area contributed by atoms with E-state index in [4.69, 9.17) is 4.74 Å². The first-order valence-corrected chi connectivity index (χ1v) is 8.49. The number of rotatable bonds is 9. The maximum Gasteiger partial charge on any atom is 0.353 e. The molecule has 128 valence electrons. The first-order valence-electron chi connectivity index (χ1n) is 8.49. The van der Waals surface area contributed by atoms with Crippen LogP contribution >= 0.6 is 0 Å². The van der Waals surface area contributed by atoms with E-state index in [-0.39, 0.29) is 5.92 Å². The van der Waals surface area contributed by atoms with Crippen LogP contribution in [0.4, 0.5) is 4.53 Å². The Bertz CT molecular complexity index is 478. The van der Waals surface area contributed by atoms with Gasteiger partial charge >= 0.3 is 5.97 Å². The van der Waals surface area contributed by atoms with E-state index < -0.39 is 5.97 Å². The van der Waals surface area contributed by atoms with E-state index in [0.717, 1.165) is 37.4 Å². The summed E-state index contributed by atoms with van der Waals surface area (Å²) in [5, 5.41) is 0. The topological polar surface area (TPSA) is 38.8 Å². The van der Waals surface area contributed by atoms with E-state index >= 15 is 0 Å². The molecule has 23 heavy (non-hydrogen) atoms. The summed E-state index contributed by atoms with van der Waals surface area (Å²) in [7, 11) is 0. The predicted molar refractivity (Wildman–Crippen MR) is 86.7 cm³/mol. The molecule has 1 aliphatic rings. The van der Waals surface area contributed by atoms with Crippen molar-refractivity contribution >= 4 is 5.97 Å². The summed E-state index contributed by atoms with van der Waals surface area (Å²) in [5.41, 5.74) is 1.16. The quantitative estimate of drug-likeness (QED) is 0.646. The standard InChI is InChI=1S/C18H26FNO3/c1-2-3-4-5-12-22-17-8-6-15(7-9-17)13-20-11-10-16(14-20)18(21)23-19/h6-9,16H,2-5,10-14H2,1H3. The van der Waals surface area contributed by atoms with Crippen LogP contribution in [0.2, 0.25) is 0 Å². The van der Waals surface area contributed by atoms with E-state index in [2.05, 4.69) is 16.8 Å². The van der Waals surface area contributed by atoms with Gasteiger partial charge in [-0.05, 0) is 37.1 Å². The Kier molecular flexibility index (Phi) is 7.33. The van der Waals surface area contributed by atoms with Gasteiger partial charge in [0.2, 0.25) is 0 Å². The maximum atomic E-state index is 11.9. The lowest BCUT2D eigenvalue weighted by Gasteiger charge is -2.15. The summed E-state index contributed by atoms with van der Waals surface area (Å²) in [6, 6.07) is 8.06. The van der Waals surface area contributed by atoms with E-state index in [0.29, 0.717) is 13.0 Å². The number of halogens is 1. The third-order valence-corrected chi connectivity index (χ3v) is 4.28. The Morgan fingerprint density at radius 3 is 2.74 bits per heavy atom. The molecular formula is C18H26FNO3. The molecule has 0 saturated carbocycles. The van der Waals surface area contributed by atoms with Crippen molar-refractivity contribution in [2.75, 3.05) is 19.7 Å². The van der Waals surface area contributed by atoms with Crippen LogP contribution in [-0.2, 0) is 16.3 Å². The van der Waals surface area contributed by atoms with Gasteiger partial charge in [-0.3, -0.25) is 9.84 Å². The summed E-state index contributed by atoms with van der Waals surface area (Å²) < 4.78 is 17.6. The smallest absolute Gasteiger partial charge is 0.353 e. The molecule has 1 aliphatic heterocycles. The van der Waals surface area contributed by atoms with Gasteiger partial charge in [0.25, 0.3) is 0 Å². The Morgan fingerprint density at radius 1 is 1.26 bits per heavy atom. The summed E-state index contributed by atoms with van der Waals surface area (Å²) >= 11 is 0. The van der Waals surface area contributed by atoms with Crippen molar-refractivity contribution in [3.63, 3.8) is 0 Å². The molecule has 0 aromatic heterocycles. The zero-order valence-electron chi connectivity index (χ0n) is 13.8. The number of nitrogens with zero attached hydrogens (tertiary/aromatic N) is 1. The second-order valence-electron chi connectivity index (χ2n) is 6.17. The molecule has 1 atom stereocenters. The molecule has 1 heterocycles. The summed E-state index contributed by atoms with van der Waals surface area (Å²) in [5.74, 6) is -0.199. The normalized spacial score (nSPS) is 18.1. The number of ether oxygens (including phenoxy) is 1. The Morgan fingerprint density at radius 2 is 2.04 bits per heavy atom. The van der Waals surface area contributed by atoms with Crippen LogP contribution in [0.1, 0.15) is 44.6 Å². The lowest BCUT2D eigenvalue weighted by molar-refractivity contribution is -0.188. The van der Waals surface area contributed by atoms with Gasteiger partial charge in [0.05, 0.1) is 12.5 Å². The molecule has 1 saturated heterocycles. The number of carbonyl (C=O) groups excluding carboxylic acids is 1. The van der Waals surface area contributed by atoms with E-state index in [1.54, 1.807) is 0 Å². The molecular weight excluding hydrogens is 297 g/mol. The van der Waals surface area contributed by atoms with Gasteiger partial charge in [-0.25, -0.2) is 4.79 Å². The summed E-state index contributed by atoms with van der Waals surface area (Å²) in [6.07, 6.45) is 5.45. The average Bonchev–Trinajstić information content (AvgIpc) is 3.04. The number of hydrogen-bond acceptors (Lipinski definition) is 4. The van der Waals surface area contributed by atoms with Crippen LogP contribution in [0, 0.1) is 5.92 Å². The minimum absolute atomic E-state index is 0.342. The van der Waals surface area contributed by atoms with Crippen molar-refractivity contribution in [1.29, 1.82) is 0 Å². The highest BCUT2D eigenvalue weighted by molar-refractivity contribution is 5.72. The molecule has 0 N–H and O–H groups in total. The van der Waals surface area contributed by atoms with Gasteiger partial charge in [0.1, 0.15) is 5.75 Å². The molecule has 0 amide bonds. The lowest BCUT2D eigenvalue weighted by atomic mass is 10.1. The molecule has 1 aromatic rings. The molecule has 2 rings (SSSR count). The van der Waals surface area contributed by atoms with Gasteiger partial charge in [0, 0.05) is 17.6 Å². The molecule has 4 nitrogen and oxygen atoms in total. The zero-order valence-corrected chi connectivity index (χ0v) is 13.8. The van der Waals surface area contributed by atoms with Crippen LogP contribution in [0.25, 0.3) is 0 Å². The van der Waals surface area contributed by atoms with Crippen LogP contribution in [0.5, 0.6) is 5.75 Å². The molecule has 1 unspecified atom stereocenters. The SMILES string of the molecule is CCCCCCOc1ccc(CN2CCC(C(=O)OF)C2)cc1. The Hall–Kier alpha value is -1.62. The van der Waals surface area contributed by atoms with Crippen molar-refractivity contribution < 1.29 is 19.0 Å². The number of hydrogen-bond donors (Lipinski definition) is 0. The van der Waals surface area contributed by atoms with Gasteiger partial charge < -0.3 is 4.74 Å². The highest BCUT2D eigenvalue weighted by atomic mass is 19.3. The third-order valence-electron chi connectivity index (χ3n) is 4.28. The summed E-state index contributed by atoms with van der Waals surface area (Å²) in [6.45, 7) is 5.06. The van der Waals surface area contributed by atoms with Gasteiger partial charge in [0.15, 0.2) is 0 Å². The van der Waals surface area contributed by atoms with E-state index in [9.17, 15) is 9.32 Å². The number of benzene rings is 1. The van der Waals surface area contributed by atoms with Crippen molar-refractivity contribution in [2.24, 2.45) is 5.92 Å². The predicted octanol–water partition coefficient (Wildman–Crippen LogP) is 3.90. The third kappa shape index (κ3) is 5.82. The number of likely N-dealkylation sites (tertiary alicyclic amines) is 1. The molecule has 0 aliphatic carbocycles. The largest absolute Gasteiger partial charge is 0.494 e. The van der Waals surface area contributed by atoms with Crippen LogP contribution in [0.15, 0.2) is 24.3 Å². The van der Waals surface area contributed by atoms with Crippen molar-refractivity contribution in [2.45, 2.75) is 45.6 Å². The number of unbranched alkanes of at least 4 members (excludes halogenated alkanes) is 3.